The van der Waals surface area contributed by atoms with Crippen LogP contribution in [0.3, 0.4) is 0 Å². The highest BCUT2D eigenvalue weighted by Crippen LogP contribution is 2.31. The van der Waals surface area contributed by atoms with Gasteiger partial charge in [-0.1, -0.05) is 0 Å². The average Bonchev–Trinajstić information content (AvgIpc) is 2.33. The number of aromatic nitrogens is 1. The fourth-order valence-electron chi connectivity index (χ4n) is 1.61. The van der Waals surface area contributed by atoms with Crippen LogP contribution in [0.4, 0.5) is 22.0 Å². The van der Waals surface area contributed by atoms with Gasteiger partial charge in [0.2, 0.25) is 5.82 Å². The first-order chi connectivity index (χ1) is 8.82. The Morgan fingerprint density at radius 1 is 0.842 bits per heavy atom. The lowest BCUT2D eigenvalue weighted by Crippen LogP contribution is -2.05. The van der Waals surface area contributed by atoms with E-state index < -0.39 is 46.1 Å². The zero-order valence-corrected chi connectivity index (χ0v) is 9.44. The third-order valence-electron chi connectivity index (χ3n) is 2.40. The van der Waals surface area contributed by atoms with Gasteiger partial charge in [-0.05, 0) is 6.92 Å². The summed E-state index contributed by atoms with van der Waals surface area (Å²) in [6.45, 7) is 1.40. The summed E-state index contributed by atoms with van der Waals surface area (Å²) in [5.74, 6) is -10.7. The first kappa shape index (κ1) is 13.3. The van der Waals surface area contributed by atoms with Crippen molar-refractivity contribution in [3.63, 3.8) is 0 Å². The topological polar surface area (TPSA) is 33.1 Å². The molecule has 0 saturated heterocycles. The van der Waals surface area contributed by atoms with E-state index in [0.717, 1.165) is 6.07 Å². The molecule has 1 aromatic carbocycles. The second kappa shape index (κ2) is 4.49. The van der Waals surface area contributed by atoms with Crippen molar-refractivity contribution in [3.05, 3.63) is 46.9 Å². The third-order valence-corrected chi connectivity index (χ3v) is 2.40. The molecule has 100 valence electrons. The number of pyridine rings is 1. The number of hydrogen-bond donors (Lipinski definition) is 1. The van der Waals surface area contributed by atoms with Crippen LogP contribution in [0.5, 0.6) is 5.75 Å². The van der Waals surface area contributed by atoms with Gasteiger partial charge in [-0.15, -0.1) is 0 Å². The Kier molecular flexibility index (Phi) is 3.13. The van der Waals surface area contributed by atoms with Gasteiger partial charge in [0, 0.05) is 17.8 Å². The van der Waals surface area contributed by atoms with E-state index in [-0.39, 0.29) is 5.69 Å². The lowest BCUT2D eigenvalue weighted by atomic mass is 10.1. The molecule has 7 heteroatoms. The first-order valence-electron chi connectivity index (χ1n) is 5.02. The van der Waals surface area contributed by atoms with E-state index in [4.69, 9.17) is 0 Å². The molecule has 0 aliphatic rings. The second-order valence-corrected chi connectivity index (χ2v) is 3.80. The average molecular weight is 275 g/mol. The van der Waals surface area contributed by atoms with Crippen LogP contribution in [0.1, 0.15) is 5.69 Å². The summed E-state index contributed by atoms with van der Waals surface area (Å²) >= 11 is 0. The molecule has 0 spiro atoms. The molecule has 0 unspecified atom stereocenters. The molecule has 2 nitrogen and oxygen atoms in total. The van der Waals surface area contributed by atoms with E-state index in [1.165, 1.54) is 13.0 Å². The Labute approximate surface area is 104 Å². The highest BCUT2D eigenvalue weighted by Gasteiger charge is 2.27. The summed E-state index contributed by atoms with van der Waals surface area (Å²) in [4.78, 5) is 3.64. The monoisotopic (exact) mass is 275 g/mol. The quantitative estimate of drug-likeness (QED) is 0.491. The van der Waals surface area contributed by atoms with Crippen LogP contribution in [0, 0.1) is 36.0 Å². The van der Waals surface area contributed by atoms with Crippen LogP contribution >= 0.6 is 0 Å². The van der Waals surface area contributed by atoms with Gasteiger partial charge in [-0.25, -0.2) is 22.0 Å². The molecule has 0 amide bonds. The molecular formula is C12H6F5NO. The Balaban J connectivity index is 2.82. The molecule has 19 heavy (non-hydrogen) atoms. The van der Waals surface area contributed by atoms with Gasteiger partial charge in [0.25, 0.3) is 0 Å². The minimum atomic E-state index is -2.24. The lowest BCUT2D eigenvalue weighted by Gasteiger charge is -2.08. The maximum atomic E-state index is 13.5. The standard InChI is InChI=1S/C12H6F5NO/c1-4-2-5(19)3-6(18-4)7-8(13)10(15)12(17)11(16)9(7)14/h2-3H,1H3,(H,18,19). The zero-order chi connectivity index (χ0) is 14.3. The van der Waals surface area contributed by atoms with E-state index in [9.17, 15) is 27.1 Å². The summed E-state index contributed by atoms with van der Waals surface area (Å²) in [6, 6.07) is 1.99. The fourth-order valence-corrected chi connectivity index (χ4v) is 1.61. The van der Waals surface area contributed by atoms with Gasteiger partial charge in [-0.2, -0.15) is 0 Å². The zero-order valence-electron chi connectivity index (χ0n) is 9.44. The molecule has 0 fully saturated rings. The van der Waals surface area contributed by atoms with Gasteiger partial charge in [-0.3, -0.25) is 4.98 Å². The van der Waals surface area contributed by atoms with E-state index in [1.54, 1.807) is 0 Å². The summed E-state index contributed by atoms with van der Waals surface area (Å²) in [5, 5.41) is 9.28. The summed E-state index contributed by atoms with van der Waals surface area (Å²) in [6.07, 6.45) is 0. The molecule has 2 aromatic rings. The SMILES string of the molecule is Cc1cc(O)cc(-c2c(F)c(F)c(F)c(F)c2F)n1. The van der Waals surface area contributed by atoms with Crippen molar-refractivity contribution < 1.29 is 27.1 Å². The molecule has 0 bridgehead atoms. The maximum absolute atomic E-state index is 13.5. The van der Waals surface area contributed by atoms with Crippen LogP contribution in [-0.2, 0) is 0 Å². The van der Waals surface area contributed by atoms with E-state index in [0.29, 0.717) is 0 Å². The molecule has 0 radical (unpaired) electrons. The largest absolute Gasteiger partial charge is 0.508 e. The normalized spacial score (nSPS) is 10.8. The Hall–Kier alpha value is -2.18. The molecule has 1 heterocycles. The van der Waals surface area contributed by atoms with Crippen molar-refractivity contribution >= 4 is 0 Å². The molecule has 0 aliphatic carbocycles. The predicted octanol–water partition coefficient (Wildman–Crippen LogP) is 3.46. The molecule has 0 saturated carbocycles. The molecular weight excluding hydrogens is 269 g/mol. The Morgan fingerprint density at radius 2 is 1.32 bits per heavy atom. The van der Waals surface area contributed by atoms with E-state index >= 15 is 0 Å². The number of aryl methyl sites for hydroxylation is 1. The number of halogens is 5. The minimum Gasteiger partial charge on any atom is -0.508 e. The smallest absolute Gasteiger partial charge is 0.200 e. The number of nitrogens with zero attached hydrogens (tertiary/aromatic N) is 1. The molecule has 1 N–H and O–H groups in total. The predicted molar refractivity (Wildman–Crippen MR) is 55.9 cm³/mol. The van der Waals surface area contributed by atoms with Crippen molar-refractivity contribution in [2.24, 2.45) is 0 Å². The van der Waals surface area contributed by atoms with E-state index in [2.05, 4.69) is 4.98 Å². The van der Waals surface area contributed by atoms with Gasteiger partial charge in [0.1, 0.15) is 5.75 Å². The number of hydrogen-bond acceptors (Lipinski definition) is 2. The van der Waals surface area contributed by atoms with Crippen molar-refractivity contribution in [2.45, 2.75) is 6.92 Å². The highest BCUT2D eigenvalue weighted by molar-refractivity contribution is 5.63. The number of benzene rings is 1. The molecule has 1 aromatic heterocycles. The van der Waals surface area contributed by atoms with Crippen molar-refractivity contribution in [1.82, 2.24) is 4.98 Å². The number of aromatic hydroxyl groups is 1. The van der Waals surface area contributed by atoms with Gasteiger partial charge >= 0.3 is 0 Å². The van der Waals surface area contributed by atoms with Gasteiger partial charge in [0.05, 0.1) is 11.3 Å². The maximum Gasteiger partial charge on any atom is 0.200 e. The van der Waals surface area contributed by atoms with Crippen molar-refractivity contribution in [1.29, 1.82) is 0 Å². The minimum absolute atomic E-state index is 0.166. The molecule has 2 rings (SSSR count). The lowest BCUT2D eigenvalue weighted by molar-refractivity contribution is 0.381. The van der Waals surface area contributed by atoms with Crippen molar-refractivity contribution in [2.75, 3.05) is 0 Å². The molecule has 0 aliphatic heterocycles. The van der Waals surface area contributed by atoms with Crippen molar-refractivity contribution in [3.8, 4) is 17.0 Å². The molecule has 0 atom stereocenters. The summed E-state index contributed by atoms with van der Waals surface area (Å²) in [7, 11) is 0. The highest BCUT2D eigenvalue weighted by atomic mass is 19.2. The Morgan fingerprint density at radius 3 is 1.79 bits per heavy atom. The second-order valence-electron chi connectivity index (χ2n) is 3.80. The summed E-state index contributed by atoms with van der Waals surface area (Å²) in [5.41, 5.74) is -1.54. The van der Waals surface area contributed by atoms with Crippen LogP contribution in [-0.4, -0.2) is 10.1 Å². The van der Waals surface area contributed by atoms with Crippen LogP contribution < -0.4 is 0 Å². The van der Waals surface area contributed by atoms with E-state index in [1.807, 2.05) is 0 Å². The van der Waals surface area contributed by atoms with Crippen LogP contribution in [0.15, 0.2) is 12.1 Å². The number of rotatable bonds is 1. The first-order valence-corrected chi connectivity index (χ1v) is 5.02. The van der Waals surface area contributed by atoms with Crippen LogP contribution in [0.25, 0.3) is 11.3 Å². The van der Waals surface area contributed by atoms with Gasteiger partial charge in [0.15, 0.2) is 23.3 Å². The third kappa shape index (κ3) is 2.11. The Bertz CT molecular complexity index is 622. The summed E-state index contributed by atoms with van der Waals surface area (Å²) < 4.78 is 66.0. The van der Waals surface area contributed by atoms with Gasteiger partial charge < -0.3 is 5.11 Å². The fraction of sp³-hybridized carbons (Fsp3) is 0.0833. The van der Waals surface area contributed by atoms with Crippen LogP contribution in [0.2, 0.25) is 0 Å².